The van der Waals surface area contributed by atoms with Crippen molar-refractivity contribution in [2.45, 2.75) is 20.4 Å². The van der Waals surface area contributed by atoms with Gasteiger partial charge in [-0.15, -0.1) is 0 Å². The smallest absolute Gasteiger partial charge is 0.311 e. The lowest BCUT2D eigenvalue weighted by Crippen LogP contribution is -2.05. The van der Waals surface area contributed by atoms with E-state index >= 15 is 0 Å². The zero-order valence-electron chi connectivity index (χ0n) is 10.0. The van der Waals surface area contributed by atoms with E-state index < -0.39 is 4.92 Å². The van der Waals surface area contributed by atoms with Gasteiger partial charge in [-0.2, -0.15) is 0 Å². The number of rotatable bonds is 4. The van der Waals surface area contributed by atoms with Gasteiger partial charge in [0.2, 0.25) is 5.82 Å². The number of anilines is 1. The van der Waals surface area contributed by atoms with Crippen molar-refractivity contribution in [2.75, 3.05) is 5.32 Å². The molecule has 0 amide bonds. The Hall–Kier alpha value is -2.44. The molecule has 2 aromatic rings. The first kappa shape index (κ1) is 12.0. The van der Waals surface area contributed by atoms with Crippen LogP contribution in [-0.4, -0.2) is 15.1 Å². The summed E-state index contributed by atoms with van der Waals surface area (Å²) in [5.41, 5.74) is 1.36. The van der Waals surface area contributed by atoms with Gasteiger partial charge in [-0.25, -0.2) is 4.98 Å². The molecular formula is C11H12N4O3. The summed E-state index contributed by atoms with van der Waals surface area (Å²) < 4.78 is 4.91. The molecule has 94 valence electrons. The quantitative estimate of drug-likeness (QED) is 0.658. The summed E-state index contributed by atoms with van der Waals surface area (Å²) in [5, 5.41) is 17.5. The Bertz CT molecular complexity index is 579. The number of hydrogen-bond donors (Lipinski definition) is 1. The van der Waals surface area contributed by atoms with Crippen LogP contribution in [0, 0.1) is 24.0 Å². The molecule has 0 aliphatic carbocycles. The number of nitrogens with zero attached hydrogens (tertiary/aromatic N) is 3. The molecule has 2 heterocycles. The Morgan fingerprint density at radius 1 is 1.44 bits per heavy atom. The van der Waals surface area contributed by atoms with Crippen LogP contribution in [-0.2, 0) is 6.54 Å². The second-order valence-corrected chi connectivity index (χ2v) is 3.92. The second kappa shape index (κ2) is 4.82. The molecule has 7 heteroatoms. The molecule has 7 nitrogen and oxygen atoms in total. The number of aryl methyl sites for hydroxylation is 2. The van der Waals surface area contributed by atoms with Crippen molar-refractivity contribution in [1.29, 1.82) is 0 Å². The van der Waals surface area contributed by atoms with Gasteiger partial charge in [0.15, 0.2) is 0 Å². The van der Waals surface area contributed by atoms with E-state index in [9.17, 15) is 10.1 Å². The highest BCUT2D eigenvalue weighted by Gasteiger charge is 2.15. The van der Waals surface area contributed by atoms with Gasteiger partial charge in [0.05, 0.1) is 11.5 Å². The minimum absolute atomic E-state index is 0.0461. The van der Waals surface area contributed by atoms with E-state index in [0.717, 1.165) is 5.56 Å². The molecule has 0 bridgehead atoms. The molecule has 0 aromatic carbocycles. The van der Waals surface area contributed by atoms with E-state index in [1.54, 1.807) is 26.1 Å². The van der Waals surface area contributed by atoms with Crippen molar-refractivity contribution in [3.05, 3.63) is 45.5 Å². The number of nitro groups is 1. The Kier molecular flexibility index (Phi) is 3.22. The molecule has 2 aromatic heterocycles. The van der Waals surface area contributed by atoms with Gasteiger partial charge in [0, 0.05) is 18.3 Å². The van der Waals surface area contributed by atoms with Gasteiger partial charge in [0.1, 0.15) is 11.5 Å². The standard InChI is InChI=1S/C11H12N4O3/c1-7-3-10(15(16)17)11(12-5-7)13-6-9-4-8(2)18-14-9/h3-5H,6H2,1-2H3,(H,12,13). The summed E-state index contributed by atoms with van der Waals surface area (Å²) >= 11 is 0. The molecule has 0 aliphatic rings. The van der Waals surface area contributed by atoms with Crippen molar-refractivity contribution in [3.63, 3.8) is 0 Å². The molecule has 0 atom stereocenters. The molecular weight excluding hydrogens is 236 g/mol. The fraction of sp³-hybridized carbons (Fsp3) is 0.273. The average molecular weight is 248 g/mol. The lowest BCUT2D eigenvalue weighted by atomic mass is 10.3. The Labute approximate surface area is 103 Å². The van der Waals surface area contributed by atoms with Crippen LogP contribution in [0.25, 0.3) is 0 Å². The van der Waals surface area contributed by atoms with Gasteiger partial charge < -0.3 is 9.84 Å². The number of nitrogens with one attached hydrogen (secondary N) is 1. The monoisotopic (exact) mass is 248 g/mol. The van der Waals surface area contributed by atoms with Crippen LogP contribution in [0.15, 0.2) is 22.9 Å². The predicted molar refractivity (Wildman–Crippen MR) is 64.2 cm³/mol. The molecule has 0 radical (unpaired) electrons. The van der Waals surface area contributed by atoms with Gasteiger partial charge in [-0.05, 0) is 19.4 Å². The zero-order valence-corrected chi connectivity index (χ0v) is 10.0. The van der Waals surface area contributed by atoms with Crippen LogP contribution in [0.1, 0.15) is 17.0 Å². The number of pyridine rings is 1. The normalized spacial score (nSPS) is 10.3. The SMILES string of the molecule is Cc1cnc(NCc2cc(C)on2)c([N+](=O)[O-])c1. The molecule has 0 saturated heterocycles. The van der Waals surface area contributed by atoms with Crippen molar-refractivity contribution < 1.29 is 9.45 Å². The van der Waals surface area contributed by atoms with E-state index in [4.69, 9.17) is 4.52 Å². The molecule has 1 N–H and O–H groups in total. The minimum atomic E-state index is -0.462. The molecule has 0 aliphatic heterocycles. The Balaban J connectivity index is 2.16. The van der Waals surface area contributed by atoms with E-state index in [-0.39, 0.29) is 11.5 Å². The second-order valence-electron chi connectivity index (χ2n) is 3.92. The summed E-state index contributed by atoms with van der Waals surface area (Å²) in [6.45, 7) is 3.86. The highest BCUT2D eigenvalue weighted by atomic mass is 16.6. The van der Waals surface area contributed by atoms with Gasteiger partial charge >= 0.3 is 5.69 Å². The van der Waals surface area contributed by atoms with Crippen LogP contribution in [0.2, 0.25) is 0 Å². The van der Waals surface area contributed by atoms with Crippen LogP contribution >= 0.6 is 0 Å². The van der Waals surface area contributed by atoms with Crippen LogP contribution < -0.4 is 5.32 Å². The Morgan fingerprint density at radius 2 is 2.22 bits per heavy atom. The first-order chi connectivity index (χ1) is 8.56. The lowest BCUT2D eigenvalue weighted by Gasteiger charge is -2.04. The van der Waals surface area contributed by atoms with Crippen molar-refractivity contribution in [1.82, 2.24) is 10.1 Å². The van der Waals surface area contributed by atoms with E-state index in [0.29, 0.717) is 18.0 Å². The van der Waals surface area contributed by atoms with E-state index in [1.165, 1.54) is 6.07 Å². The summed E-state index contributed by atoms with van der Waals surface area (Å²) in [6, 6.07) is 3.23. The topological polar surface area (TPSA) is 94.1 Å². The minimum Gasteiger partial charge on any atom is -0.361 e. The number of aromatic nitrogens is 2. The zero-order chi connectivity index (χ0) is 13.1. The van der Waals surface area contributed by atoms with Crippen LogP contribution in [0.5, 0.6) is 0 Å². The lowest BCUT2D eigenvalue weighted by molar-refractivity contribution is -0.384. The molecule has 0 fully saturated rings. The van der Waals surface area contributed by atoms with Crippen molar-refractivity contribution >= 4 is 11.5 Å². The summed E-state index contributed by atoms with van der Waals surface area (Å²) in [7, 11) is 0. The third kappa shape index (κ3) is 2.62. The number of hydrogen-bond acceptors (Lipinski definition) is 6. The maximum Gasteiger partial charge on any atom is 0.311 e. The highest BCUT2D eigenvalue weighted by molar-refractivity contribution is 5.56. The summed E-state index contributed by atoms with van der Waals surface area (Å²) in [5.74, 6) is 0.921. The largest absolute Gasteiger partial charge is 0.361 e. The average Bonchev–Trinajstić information content (AvgIpc) is 2.73. The van der Waals surface area contributed by atoms with Crippen LogP contribution in [0.3, 0.4) is 0 Å². The molecule has 0 saturated carbocycles. The van der Waals surface area contributed by atoms with E-state index in [2.05, 4.69) is 15.5 Å². The Morgan fingerprint density at radius 3 is 2.83 bits per heavy atom. The van der Waals surface area contributed by atoms with Gasteiger partial charge in [0.25, 0.3) is 0 Å². The first-order valence-corrected chi connectivity index (χ1v) is 5.33. The third-order valence-electron chi connectivity index (χ3n) is 2.31. The van der Waals surface area contributed by atoms with Crippen LogP contribution in [0.4, 0.5) is 11.5 Å². The molecule has 2 rings (SSSR count). The molecule has 18 heavy (non-hydrogen) atoms. The maximum atomic E-state index is 10.9. The molecule has 0 unspecified atom stereocenters. The van der Waals surface area contributed by atoms with E-state index in [1.807, 2.05) is 0 Å². The fourth-order valence-electron chi connectivity index (χ4n) is 1.50. The summed E-state index contributed by atoms with van der Waals surface area (Å²) in [6.07, 6.45) is 1.57. The van der Waals surface area contributed by atoms with Gasteiger partial charge in [-0.1, -0.05) is 5.16 Å². The maximum absolute atomic E-state index is 10.9. The summed E-state index contributed by atoms with van der Waals surface area (Å²) in [4.78, 5) is 14.4. The van der Waals surface area contributed by atoms with Crippen molar-refractivity contribution in [2.24, 2.45) is 0 Å². The third-order valence-corrected chi connectivity index (χ3v) is 2.31. The highest BCUT2D eigenvalue weighted by Crippen LogP contribution is 2.22. The van der Waals surface area contributed by atoms with Gasteiger partial charge in [-0.3, -0.25) is 10.1 Å². The fourth-order valence-corrected chi connectivity index (χ4v) is 1.50. The first-order valence-electron chi connectivity index (χ1n) is 5.33. The predicted octanol–water partition coefficient (Wildman–Crippen LogP) is 2.21. The van der Waals surface area contributed by atoms with Crippen molar-refractivity contribution in [3.8, 4) is 0 Å². The molecule has 0 spiro atoms.